The second kappa shape index (κ2) is 9.70. The molecule has 1 aromatic carbocycles. The molecule has 1 N–H and O–H groups in total. The zero-order valence-electron chi connectivity index (χ0n) is 19.3. The number of likely N-dealkylation sites (tertiary alicyclic amines) is 1. The number of hydrogen-bond donors (Lipinski definition) is 1. The molecular weight excluding hydrogens is 424 g/mol. The summed E-state index contributed by atoms with van der Waals surface area (Å²) in [6, 6.07) is 7.79. The molecule has 8 nitrogen and oxygen atoms in total. The van der Waals surface area contributed by atoms with Gasteiger partial charge in [-0.3, -0.25) is 9.59 Å². The average molecular weight is 455 g/mol. The van der Waals surface area contributed by atoms with Crippen molar-refractivity contribution >= 4 is 11.7 Å². The van der Waals surface area contributed by atoms with Gasteiger partial charge < -0.3 is 28.8 Å². The summed E-state index contributed by atoms with van der Waals surface area (Å²) in [6.45, 7) is 7.12. The van der Waals surface area contributed by atoms with Crippen molar-refractivity contribution in [3.63, 3.8) is 0 Å². The zero-order chi connectivity index (χ0) is 23.5. The van der Waals surface area contributed by atoms with Crippen molar-refractivity contribution < 1.29 is 28.6 Å². The first-order chi connectivity index (χ1) is 15.9. The van der Waals surface area contributed by atoms with Crippen LogP contribution >= 0.6 is 0 Å². The minimum Gasteiger partial charge on any atom is -0.503 e. The van der Waals surface area contributed by atoms with Gasteiger partial charge in [-0.15, -0.1) is 0 Å². The van der Waals surface area contributed by atoms with E-state index in [-0.39, 0.29) is 11.3 Å². The fourth-order valence-corrected chi connectivity index (χ4v) is 4.54. The number of furan rings is 1. The fraction of sp³-hybridized carbons (Fsp3) is 0.440. The lowest BCUT2D eigenvalue weighted by molar-refractivity contribution is -0.129. The van der Waals surface area contributed by atoms with Crippen molar-refractivity contribution in [3.8, 4) is 11.5 Å². The van der Waals surface area contributed by atoms with Gasteiger partial charge in [0.2, 0.25) is 5.78 Å². The first-order valence-electron chi connectivity index (χ1n) is 11.3. The van der Waals surface area contributed by atoms with E-state index in [1.807, 2.05) is 6.92 Å². The Morgan fingerprint density at radius 3 is 2.55 bits per heavy atom. The summed E-state index contributed by atoms with van der Waals surface area (Å²) in [5.41, 5.74) is 0.669. The maximum Gasteiger partial charge on any atom is 0.290 e. The zero-order valence-corrected chi connectivity index (χ0v) is 19.3. The fourth-order valence-electron chi connectivity index (χ4n) is 4.54. The molecule has 1 fully saturated rings. The van der Waals surface area contributed by atoms with Crippen LogP contribution in [0.3, 0.4) is 0 Å². The van der Waals surface area contributed by atoms with Crippen LogP contribution in [0.5, 0.6) is 11.5 Å². The third-order valence-corrected chi connectivity index (χ3v) is 6.17. The molecule has 0 spiro atoms. The molecular formula is C25H30N2O6. The van der Waals surface area contributed by atoms with Crippen LogP contribution in [0.1, 0.15) is 47.7 Å². The number of amides is 1. The molecule has 2 aromatic rings. The highest BCUT2D eigenvalue weighted by atomic mass is 16.5. The summed E-state index contributed by atoms with van der Waals surface area (Å²) >= 11 is 0. The SMILES string of the molecule is CCOc1ccc(C2C(C(=O)c3ccc(C)o3)=C(O)C(=O)N2CCN2CCCC2)cc1OC. The predicted octanol–water partition coefficient (Wildman–Crippen LogP) is 3.67. The summed E-state index contributed by atoms with van der Waals surface area (Å²) in [4.78, 5) is 30.4. The molecule has 1 amide bonds. The Hall–Kier alpha value is -3.26. The van der Waals surface area contributed by atoms with E-state index in [1.54, 1.807) is 42.2 Å². The maximum atomic E-state index is 13.4. The Morgan fingerprint density at radius 2 is 1.91 bits per heavy atom. The average Bonchev–Trinajstić information content (AvgIpc) is 3.54. The highest BCUT2D eigenvalue weighted by Crippen LogP contribution is 2.41. The summed E-state index contributed by atoms with van der Waals surface area (Å²) in [5, 5.41) is 10.8. The standard InChI is InChI=1S/C25H30N2O6/c1-4-32-18-10-8-17(15-20(18)31-3)22-21(23(28)19-9-7-16(2)33-19)24(29)25(30)27(22)14-13-26-11-5-6-12-26/h7-10,15,22,29H,4-6,11-14H2,1-3H3. The van der Waals surface area contributed by atoms with Gasteiger partial charge in [0.25, 0.3) is 5.91 Å². The second-order valence-corrected chi connectivity index (χ2v) is 8.29. The van der Waals surface area contributed by atoms with Crippen LogP contribution in [-0.4, -0.2) is 66.5 Å². The number of hydrogen-bond acceptors (Lipinski definition) is 7. The number of aliphatic hydroxyl groups excluding tert-OH is 1. The van der Waals surface area contributed by atoms with Gasteiger partial charge in [-0.25, -0.2) is 0 Å². The molecule has 0 bridgehead atoms. The molecule has 1 unspecified atom stereocenters. The van der Waals surface area contributed by atoms with Crippen molar-refractivity contribution in [2.24, 2.45) is 0 Å². The van der Waals surface area contributed by atoms with Crippen LogP contribution in [0, 0.1) is 6.92 Å². The van der Waals surface area contributed by atoms with Crippen LogP contribution < -0.4 is 9.47 Å². The summed E-state index contributed by atoms with van der Waals surface area (Å²) in [6.07, 6.45) is 2.27. The van der Waals surface area contributed by atoms with Gasteiger partial charge in [-0.05, 0) is 69.6 Å². The van der Waals surface area contributed by atoms with Gasteiger partial charge in [-0.1, -0.05) is 6.07 Å². The van der Waals surface area contributed by atoms with Crippen molar-refractivity contribution in [2.45, 2.75) is 32.7 Å². The molecule has 4 rings (SSSR count). The monoisotopic (exact) mass is 454 g/mol. The number of aryl methyl sites for hydroxylation is 1. The van der Waals surface area contributed by atoms with E-state index < -0.39 is 23.5 Å². The van der Waals surface area contributed by atoms with Gasteiger partial charge >= 0.3 is 0 Å². The molecule has 0 aliphatic carbocycles. The molecule has 176 valence electrons. The summed E-state index contributed by atoms with van der Waals surface area (Å²) in [5.74, 6) is 0.134. The molecule has 33 heavy (non-hydrogen) atoms. The van der Waals surface area contributed by atoms with Gasteiger partial charge in [0.1, 0.15) is 5.76 Å². The molecule has 3 heterocycles. The Kier molecular flexibility index (Phi) is 6.74. The second-order valence-electron chi connectivity index (χ2n) is 8.29. The van der Waals surface area contributed by atoms with Crippen LogP contribution in [0.25, 0.3) is 0 Å². The first kappa shape index (κ1) is 22.9. The number of benzene rings is 1. The largest absolute Gasteiger partial charge is 0.503 e. The minimum absolute atomic E-state index is 0.0157. The van der Waals surface area contributed by atoms with Crippen molar-refractivity contribution in [1.82, 2.24) is 9.80 Å². The summed E-state index contributed by atoms with van der Waals surface area (Å²) < 4.78 is 16.6. The van der Waals surface area contributed by atoms with E-state index in [0.29, 0.717) is 42.5 Å². The molecule has 1 aromatic heterocycles. The van der Waals surface area contributed by atoms with E-state index >= 15 is 0 Å². The Labute approximate surface area is 193 Å². The predicted molar refractivity (Wildman–Crippen MR) is 122 cm³/mol. The van der Waals surface area contributed by atoms with Crippen LogP contribution in [0.15, 0.2) is 46.1 Å². The molecule has 1 saturated heterocycles. The van der Waals surface area contributed by atoms with Gasteiger partial charge in [0.05, 0.1) is 25.3 Å². The van der Waals surface area contributed by atoms with E-state index in [4.69, 9.17) is 13.9 Å². The van der Waals surface area contributed by atoms with E-state index in [1.165, 1.54) is 7.11 Å². The molecule has 0 saturated carbocycles. The maximum absolute atomic E-state index is 13.4. The number of Topliss-reactive ketones (excluding diaryl/α,β-unsaturated/α-hetero) is 1. The lowest BCUT2D eigenvalue weighted by Crippen LogP contribution is -2.37. The van der Waals surface area contributed by atoms with Crippen molar-refractivity contribution in [2.75, 3.05) is 39.9 Å². The lowest BCUT2D eigenvalue weighted by Gasteiger charge is -2.29. The molecule has 2 aliphatic heterocycles. The highest BCUT2D eigenvalue weighted by molar-refractivity contribution is 6.15. The number of methoxy groups -OCH3 is 1. The normalized spacial score (nSPS) is 18.9. The van der Waals surface area contributed by atoms with E-state index in [9.17, 15) is 14.7 Å². The minimum atomic E-state index is -0.761. The molecule has 0 radical (unpaired) electrons. The number of nitrogens with zero attached hydrogens (tertiary/aromatic N) is 2. The molecule has 8 heteroatoms. The van der Waals surface area contributed by atoms with Gasteiger partial charge in [0, 0.05) is 13.1 Å². The number of ketones is 1. The smallest absolute Gasteiger partial charge is 0.290 e. The van der Waals surface area contributed by atoms with Crippen LogP contribution in [0.4, 0.5) is 0 Å². The number of carbonyl (C=O) groups is 2. The van der Waals surface area contributed by atoms with Gasteiger partial charge in [0.15, 0.2) is 23.0 Å². The highest BCUT2D eigenvalue weighted by Gasteiger charge is 2.44. The number of carbonyl (C=O) groups excluding carboxylic acids is 2. The quantitative estimate of drug-likeness (QED) is 0.578. The number of aliphatic hydroxyl groups is 1. The van der Waals surface area contributed by atoms with E-state index in [0.717, 1.165) is 25.9 Å². The Bertz CT molecular complexity index is 1070. The van der Waals surface area contributed by atoms with E-state index in [2.05, 4.69) is 4.90 Å². The third-order valence-electron chi connectivity index (χ3n) is 6.17. The number of ether oxygens (including phenoxy) is 2. The summed E-state index contributed by atoms with van der Waals surface area (Å²) in [7, 11) is 1.54. The molecule has 1 atom stereocenters. The lowest BCUT2D eigenvalue weighted by atomic mass is 9.94. The topological polar surface area (TPSA) is 92.5 Å². The number of rotatable bonds is 9. The van der Waals surface area contributed by atoms with Crippen molar-refractivity contribution in [3.05, 3.63) is 58.7 Å². The van der Waals surface area contributed by atoms with Gasteiger partial charge in [-0.2, -0.15) is 0 Å². The Balaban J connectivity index is 1.73. The first-order valence-corrected chi connectivity index (χ1v) is 11.3. The van der Waals surface area contributed by atoms with Crippen LogP contribution in [0.2, 0.25) is 0 Å². The molecule has 2 aliphatic rings. The third kappa shape index (κ3) is 4.48. The van der Waals surface area contributed by atoms with Crippen molar-refractivity contribution in [1.29, 1.82) is 0 Å². The Morgan fingerprint density at radius 1 is 1.15 bits per heavy atom. The van der Waals surface area contributed by atoms with Crippen LogP contribution in [-0.2, 0) is 4.79 Å².